The Hall–Kier alpha value is -2.33. The van der Waals surface area contributed by atoms with E-state index in [1.165, 1.54) is 5.56 Å². The van der Waals surface area contributed by atoms with E-state index >= 15 is 0 Å². The topological polar surface area (TPSA) is 64.4 Å². The number of amides is 1. The summed E-state index contributed by atoms with van der Waals surface area (Å²) >= 11 is 0. The average molecular weight is 326 g/mol. The van der Waals surface area contributed by atoms with Crippen LogP contribution in [0.4, 0.5) is 0 Å². The summed E-state index contributed by atoms with van der Waals surface area (Å²) < 4.78 is 5.76. The van der Waals surface area contributed by atoms with Gasteiger partial charge in [-0.15, -0.1) is 0 Å². The summed E-state index contributed by atoms with van der Waals surface area (Å²) in [4.78, 5) is 11.6. The molecule has 2 aromatic rings. The van der Waals surface area contributed by atoms with Crippen LogP contribution in [0.5, 0.6) is 5.75 Å². The molecule has 0 saturated heterocycles. The van der Waals surface area contributed by atoms with Crippen LogP contribution in [0.3, 0.4) is 0 Å². The van der Waals surface area contributed by atoms with Crippen LogP contribution < -0.4 is 15.8 Å². The van der Waals surface area contributed by atoms with Crippen molar-refractivity contribution in [2.75, 3.05) is 6.54 Å². The van der Waals surface area contributed by atoms with E-state index in [1.807, 2.05) is 61.5 Å². The van der Waals surface area contributed by atoms with Gasteiger partial charge in [-0.25, -0.2) is 0 Å². The van der Waals surface area contributed by atoms with Crippen molar-refractivity contribution in [1.29, 1.82) is 0 Å². The van der Waals surface area contributed by atoms with Crippen LogP contribution in [0, 0.1) is 0 Å². The van der Waals surface area contributed by atoms with Crippen molar-refractivity contribution in [3.05, 3.63) is 65.7 Å². The molecule has 4 nitrogen and oxygen atoms in total. The Kier molecular flexibility index (Phi) is 7.30. The Balaban J connectivity index is 1.69. The summed E-state index contributed by atoms with van der Waals surface area (Å²) in [6.45, 7) is 3.12. The lowest BCUT2D eigenvalue weighted by atomic mass is 10.1. The molecule has 4 heteroatoms. The first-order valence-corrected chi connectivity index (χ1v) is 8.41. The Bertz CT molecular complexity index is 609. The van der Waals surface area contributed by atoms with E-state index in [-0.39, 0.29) is 11.9 Å². The third-order valence-electron chi connectivity index (χ3n) is 3.73. The first-order valence-electron chi connectivity index (χ1n) is 8.41. The number of rotatable bonds is 9. The molecule has 0 saturated carbocycles. The van der Waals surface area contributed by atoms with Gasteiger partial charge < -0.3 is 15.8 Å². The largest absolute Gasteiger partial charge is 0.489 e. The van der Waals surface area contributed by atoms with Crippen molar-refractivity contribution in [2.45, 2.75) is 38.8 Å². The van der Waals surface area contributed by atoms with Gasteiger partial charge in [-0.1, -0.05) is 42.5 Å². The molecule has 128 valence electrons. The third-order valence-corrected chi connectivity index (χ3v) is 3.73. The number of hydrogen-bond donors (Lipinski definition) is 2. The van der Waals surface area contributed by atoms with Gasteiger partial charge in [0.15, 0.2) is 0 Å². The van der Waals surface area contributed by atoms with E-state index in [4.69, 9.17) is 10.5 Å². The van der Waals surface area contributed by atoms with Gasteiger partial charge in [-0.05, 0) is 43.0 Å². The van der Waals surface area contributed by atoms with E-state index in [1.54, 1.807) is 0 Å². The van der Waals surface area contributed by atoms with Crippen LogP contribution in [0.15, 0.2) is 54.6 Å². The van der Waals surface area contributed by atoms with Crippen molar-refractivity contribution in [3.63, 3.8) is 0 Å². The minimum absolute atomic E-state index is 0.0649. The van der Waals surface area contributed by atoms with E-state index in [9.17, 15) is 4.79 Å². The quantitative estimate of drug-likeness (QED) is 0.744. The second kappa shape index (κ2) is 9.73. The smallest absolute Gasteiger partial charge is 0.220 e. The third kappa shape index (κ3) is 6.84. The molecule has 0 radical (unpaired) electrons. The van der Waals surface area contributed by atoms with Crippen molar-refractivity contribution >= 4 is 5.91 Å². The lowest BCUT2D eigenvalue weighted by Gasteiger charge is -2.09. The summed E-state index contributed by atoms with van der Waals surface area (Å²) in [5.41, 5.74) is 7.97. The van der Waals surface area contributed by atoms with Crippen molar-refractivity contribution < 1.29 is 9.53 Å². The molecule has 1 amide bonds. The highest BCUT2D eigenvalue weighted by Crippen LogP contribution is 2.14. The van der Waals surface area contributed by atoms with Crippen LogP contribution in [0.2, 0.25) is 0 Å². The average Bonchev–Trinajstić information content (AvgIpc) is 2.60. The lowest BCUT2D eigenvalue weighted by Crippen LogP contribution is -2.27. The predicted octanol–water partition coefficient (Wildman–Crippen LogP) is 3.05. The molecule has 0 spiro atoms. The molecule has 2 aromatic carbocycles. The van der Waals surface area contributed by atoms with Gasteiger partial charge in [0.1, 0.15) is 12.4 Å². The first kappa shape index (κ1) is 18.0. The van der Waals surface area contributed by atoms with Crippen LogP contribution in [0.1, 0.15) is 30.9 Å². The molecular weight excluding hydrogens is 300 g/mol. The van der Waals surface area contributed by atoms with Crippen molar-refractivity contribution in [1.82, 2.24) is 5.32 Å². The number of benzene rings is 2. The van der Waals surface area contributed by atoms with Gasteiger partial charge in [0.05, 0.1) is 0 Å². The number of carbonyl (C=O) groups excluding carboxylic acids is 1. The molecule has 0 fully saturated rings. The summed E-state index contributed by atoms with van der Waals surface area (Å²) in [5.74, 6) is 0.915. The highest BCUT2D eigenvalue weighted by molar-refractivity contribution is 5.75. The molecule has 1 atom stereocenters. The Morgan fingerprint density at radius 3 is 2.46 bits per heavy atom. The lowest BCUT2D eigenvalue weighted by molar-refractivity contribution is -0.121. The molecule has 0 heterocycles. The zero-order valence-electron chi connectivity index (χ0n) is 14.2. The van der Waals surface area contributed by atoms with Crippen LogP contribution in [-0.4, -0.2) is 18.5 Å². The maximum absolute atomic E-state index is 11.6. The fourth-order valence-electron chi connectivity index (χ4n) is 2.29. The summed E-state index contributed by atoms with van der Waals surface area (Å²) in [7, 11) is 0. The summed E-state index contributed by atoms with van der Waals surface area (Å²) in [6.07, 6.45) is 2.02. The number of nitrogens with one attached hydrogen (secondary N) is 1. The van der Waals surface area contributed by atoms with Crippen LogP contribution in [-0.2, 0) is 17.8 Å². The minimum atomic E-state index is 0.0649. The number of hydrogen-bond acceptors (Lipinski definition) is 3. The second-order valence-corrected chi connectivity index (χ2v) is 6.03. The molecule has 24 heavy (non-hydrogen) atoms. The van der Waals surface area contributed by atoms with E-state index in [0.717, 1.165) is 24.2 Å². The fourth-order valence-corrected chi connectivity index (χ4v) is 2.29. The second-order valence-electron chi connectivity index (χ2n) is 6.03. The van der Waals surface area contributed by atoms with Gasteiger partial charge in [-0.2, -0.15) is 0 Å². The van der Waals surface area contributed by atoms with E-state index < -0.39 is 0 Å². The van der Waals surface area contributed by atoms with Crippen LogP contribution >= 0.6 is 0 Å². The molecule has 1 unspecified atom stereocenters. The first-order chi connectivity index (χ1) is 11.6. The zero-order chi connectivity index (χ0) is 17.2. The molecule has 0 aliphatic rings. The van der Waals surface area contributed by atoms with E-state index in [2.05, 4.69) is 5.32 Å². The highest BCUT2D eigenvalue weighted by atomic mass is 16.5. The monoisotopic (exact) mass is 326 g/mol. The Morgan fingerprint density at radius 1 is 1.08 bits per heavy atom. The maximum atomic E-state index is 11.6. The molecular formula is C20H26N2O2. The van der Waals surface area contributed by atoms with Gasteiger partial charge in [0.2, 0.25) is 5.91 Å². The van der Waals surface area contributed by atoms with Crippen molar-refractivity contribution in [2.24, 2.45) is 5.73 Å². The van der Waals surface area contributed by atoms with Gasteiger partial charge in [0.25, 0.3) is 0 Å². The van der Waals surface area contributed by atoms with Crippen LogP contribution in [0.25, 0.3) is 0 Å². The molecule has 0 aromatic heterocycles. The molecule has 2 rings (SSSR count). The molecule has 3 N–H and O–H groups in total. The predicted molar refractivity (Wildman–Crippen MR) is 96.8 cm³/mol. The van der Waals surface area contributed by atoms with Gasteiger partial charge in [0, 0.05) is 19.0 Å². The summed E-state index contributed by atoms with van der Waals surface area (Å²) in [6, 6.07) is 18.2. The summed E-state index contributed by atoms with van der Waals surface area (Å²) in [5, 5.41) is 2.92. The Morgan fingerprint density at radius 2 is 1.79 bits per heavy atom. The van der Waals surface area contributed by atoms with Crippen molar-refractivity contribution in [3.8, 4) is 5.75 Å². The fraction of sp³-hybridized carbons (Fsp3) is 0.350. The molecule has 0 aliphatic carbocycles. The number of nitrogens with two attached hydrogens (primary N) is 1. The number of ether oxygens (including phenoxy) is 1. The SMILES string of the molecule is CC(N)CCC(=O)NCCc1ccc(OCc2ccccc2)cc1. The normalized spacial score (nSPS) is 11.8. The molecule has 0 aliphatic heterocycles. The van der Waals surface area contributed by atoms with Gasteiger partial charge >= 0.3 is 0 Å². The minimum Gasteiger partial charge on any atom is -0.489 e. The Labute approximate surface area is 144 Å². The maximum Gasteiger partial charge on any atom is 0.220 e. The molecule has 0 bridgehead atoms. The van der Waals surface area contributed by atoms with Gasteiger partial charge in [-0.3, -0.25) is 4.79 Å². The standard InChI is InChI=1S/C20H26N2O2/c1-16(21)7-12-20(23)22-14-13-17-8-10-19(11-9-17)24-15-18-5-3-2-4-6-18/h2-6,8-11,16H,7,12-15,21H2,1H3,(H,22,23). The highest BCUT2D eigenvalue weighted by Gasteiger charge is 2.03. The number of carbonyl (C=O) groups is 1. The zero-order valence-corrected chi connectivity index (χ0v) is 14.2. The van der Waals surface area contributed by atoms with E-state index in [0.29, 0.717) is 19.6 Å².